The van der Waals surface area contributed by atoms with Crippen LogP contribution in [0.4, 0.5) is 5.69 Å². The average Bonchev–Trinajstić information content (AvgIpc) is 2.65. The first-order valence-electron chi connectivity index (χ1n) is 5.03. The minimum absolute atomic E-state index is 0.141. The van der Waals surface area contributed by atoms with Crippen molar-refractivity contribution in [2.75, 3.05) is 0 Å². The number of nitrogens with zero attached hydrogens (tertiary/aromatic N) is 1. The zero-order chi connectivity index (χ0) is 13.2. The molecule has 17 heavy (non-hydrogen) atoms. The monoisotopic (exact) mass is 259 g/mol. The molecule has 1 rings (SSSR count). The fourth-order valence-corrected chi connectivity index (χ4v) is 1.13. The molecule has 0 bridgehead atoms. The van der Waals surface area contributed by atoms with Gasteiger partial charge in [-0.15, -0.1) is 11.6 Å². The standard InChI is InChI=1S/C10H14ClN3O3/c1-6(11)10(2,3)13-9(15)8-4-7(5-12-8)14(16)17/h4-6,12H,1-3H3,(H,13,15). The predicted molar refractivity (Wildman–Crippen MR) is 64.3 cm³/mol. The van der Waals surface area contributed by atoms with Crippen molar-refractivity contribution >= 4 is 23.2 Å². The summed E-state index contributed by atoms with van der Waals surface area (Å²) in [5, 5.41) is 12.9. The minimum atomic E-state index is -0.599. The summed E-state index contributed by atoms with van der Waals surface area (Å²) in [6, 6.07) is 1.18. The Kier molecular flexibility index (Phi) is 3.77. The third kappa shape index (κ3) is 3.20. The molecule has 1 unspecified atom stereocenters. The molecule has 1 aromatic heterocycles. The van der Waals surface area contributed by atoms with E-state index in [4.69, 9.17) is 11.6 Å². The quantitative estimate of drug-likeness (QED) is 0.493. The number of nitrogens with one attached hydrogen (secondary N) is 2. The molecule has 0 fully saturated rings. The van der Waals surface area contributed by atoms with E-state index in [0.717, 1.165) is 0 Å². The number of nitro groups is 1. The second-order valence-corrected chi connectivity index (χ2v) is 4.98. The molecule has 0 aliphatic carbocycles. The van der Waals surface area contributed by atoms with E-state index in [0.29, 0.717) is 0 Å². The molecule has 2 N–H and O–H groups in total. The third-order valence-corrected chi connectivity index (χ3v) is 3.10. The molecule has 0 aliphatic rings. The number of halogens is 1. The van der Waals surface area contributed by atoms with Gasteiger partial charge in [0.05, 0.1) is 22.0 Å². The highest BCUT2D eigenvalue weighted by molar-refractivity contribution is 6.21. The summed E-state index contributed by atoms with van der Waals surface area (Å²) < 4.78 is 0. The van der Waals surface area contributed by atoms with Gasteiger partial charge in [-0.25, -0.2) is 0 Å². The van der Waals surface area contributed by atoms with E-state index in [9.17, 15) is 14.9 Å². The molecule has 7 heteroatoms. The first kappa shape index (κ1) is 13.5. The maximum atomic E-state index is 11.8. The Morgan fingerprint density at radius 3 is 2.65 bits per heavy atom. The maximum absolute atomic E-state index is 11.8. The van der Waals surface area contributed by atoms with Gasteiger partial charge in [-0.05, 0) is 20.8 Å². The number of aromatic amines is 1. The number of hydrogen-bond donors (Lipinski definition) is 2. The highest BCUT2D eigenvalue weighted by Crippen LogP contribution is 2.17. The first-order valence-corrected chi connectivity index (χ1v) is 5.47. The van der Waals surface area contributed by atoms with Gasteiger partial charge in [-0.1, -0.05) is 0 Å². The molecule has 6 nitrogen and oxygen atoms in total. The lowest BCUT2D eigenvalue weighted by atomic mass is 10.0. The lowest BCUT2D eigenvalue weighted by Crippen LogP contribution is -2.49. The lowest BCUT2D eigenvalue weighted by Gasteiger charge is -2.28. The van der Waals surface area contributed by atoms with Gasteiger partial charge in [0.1, 0.15) is 5.69 Å². The molecular weight excluding hydrogens is 246 g/mol. The van der Waals surface area contributed by atoms with E-state index in [1.807, 2.05) is 0 Å². The second-order valence-electron chi connectivity index (χ2n) is 4.32. The van der Waals surface area contributed by atoms with E-state index in [-0.39, 0.29) is 16.8 Å². The number of amides is 1. The van der Waals surface area contributed by atoms with E-state index in [1.54, 1.807) is 20.8 Å². The maximum Gasteiger partial charge on any atom is 0.287 e. The number of carbonyl (C=O) groups excluding carboxylic acids is 1. The summed E-state index contributed by atoms with van der Waals surface area (Å²) in [7, 11) is 0. The molecule has 0 aromatic carbocycles. The molecule has 1 amide bonds. The van der Waals surface area contributed by atoms with Crippen LogP contribution in [0.15, 0.2) is 12.3 Å². The van der Waals surface area contributed by atoms with E-state index in [2.05, 4.69) is 10.3 Å². The number of carbonyl (C=O) groups is 1. The Bertz CT molecular complexity index is 440. The molecule has 0 saturated heterocycles. The van der Waals surface area contributed by atoms with Gasteiger partial charge < -0.3 is 10.3 Å². The van der Waals surface area contributed by atoms with E-state index >= 15 is 0 Å². The summed E-state index contributed by atoms with van der Waals surface area (Å²) in [4.78, 5) is 24.2. The van der Waals surface area contributed by atoms with Crippen LogP contribution in [0.25, 0.3) is 0 Å². The van der Waals surface area contributed by atoms with Crippen molar-refractivity contribution in [2.24, 2.45) is 0 Å². The summed E-state index contributed by atoms with van der Waals surface area (Å²) >= 11 is 5.92. The topological polar surface area (TPSA) is 88.0 Å². The Balaban J connectivity index is 2.80. The van der Waals surface area contributed by atoms with Crippen LogP contribution < -0.4 is 5.32 Å². The highest BCUT2D eigenvalue weighted by Gasteiger charge is 2.27. The molecule has 94 valence electrons. The molecule has 0 saturated carbocycles. The fourth-order valence-electron chi connectivity index (χ4n) is 1.08. The van der Waals surface area contributed by atoms with Crippen molar-refractivity contribution in [3.8, 4) is 0 Å². The van der Waals surface area contributed by atoms with E-state index in [1.165, 1.54) is 12.3 Å². The Hall–Kier alpha value is -1.56. The van der Waals surface area contributed by atoms with Crippen LogP contribution in [-0.4, -0.2) is 26.7 Å². The molecular formula is C10H14ClN3O3. The molecule has 0 spiro atoms. The first-order chi connectivity index (χ1) is 7.74. The predicted octanol–water partition coefficient (Wildman–Crippen LogP) is 2.06. The van der Waals surface area contributed by atoms with Gasteiger partial charge in [0, 0.05) is 6.07 Å². The summed E-state index contributed by atoms with van der Waals surface area (Å²) in [5.74, 6) is -0.421. The van der Waals surface area contributed by atoms with Crippen LogP contribution in [0.5, 0.6) is 0 Å². The molecule has 0 radical (unpaired) electrons. The Morgan fingerprint density at radius 2 is 2.24 bits per heavy atom. The van der Waals surface area contributed by atoms with Crippen molar-refractivity contribution < 1.29 is 9.72 Å². The average molecular weight is 260 g/mol. The van der Waals surface area contributed by atoms with E-state index < -0.39 is 16.4 Å². The van der Waals surface area contributed by atoms with Crippen molar-refractivity contribution in [1.82, 2.24) is 10.3 Å². The van der Waals surface area contributed by atoms with Crippen LogP contribution in [0.2, 0.25) is 0 Å². The number of alkyl halides is 1. The number of H-pyrrole nitrogens is 1. The number of aromatic nitrogens is 1. The Morgan fingerprint density at radius 1 is 1.65 bits per heavy atom. The summed E-state index contributed by atoms with van der Waals surface area (Å²) in [5.41, 5.74) is -0.604. The van der Waals surface area contributed by atoms with Gasteiger partial charge >= 0.3 is 0 Å². The van der Waals surface area contributed by atoms with Gasteiger partial charge in [-0.2, -0.15) is 0 Å². The van der Waals surface area contributed by atoms with Gasteiger partial charge in [0.15, 0.2) is 0 Å². The molecule has 1 aromatic rings. The van der Waals surface area contributed by atoms with Crippen LogP contribution in [0.1, 0.15) is 31.3 Å². The van der Waals surface area contributed by atoms with Gasteiger partial charge in [0.25, 0.3) is 11.6 Å². The zero-order valence-corrected chi connectivity index (χ0v) is 10.5. The minimum Gasteiger partial charge on any atom is -0.351 e. The number of rotatable bonds is 4. The fraction of sp³-hybridized carbons (Fsp3) is 0.500. The molecule has 0 aliphatic heterocycles. The van der Waals surface area contributed by atoms with Crippen LogP contribution >= 0.6 is 11.6 Å². The highest BCUT2D eigenvalue weighted by atomic mass is 35.5. The van der Waals surface area contributed by atoms with Gasteiger partial charge in [-0.3, -0.25) is 14.9 Å². The zero-order valence-electron chi connectivity index (χ0n) is 9.78. The molecule has 1 atom stereocenters. The third-order valence-electron chi connectivity index (χ3n) is 2.55. The van der Waals surface area contributed by atoms with Crippen molar-refractivity contribution in [3.05, 3.63) is 28.1 Å². The summed E-state index contributed by atoms with van der Waals surface area (Å²) in [6.07, 6.45) is 1.17. The second kappa shape index (κ2) is 4.75. The Labute approximate surface area is 103 Å². The van der Waals surface area contributed by atoms with Crippen LogP contribution in [0.3, 0.4) is 0 Å². The normalized spacial score (nSPS) is 13.2. The van der Waals surface area contributed by atoms with Crippen LogP contribution in [0, 0.1) is 10.1 Å². The van der Waals surface area contributed by atoms with Crippen molar-refractivity contribution in [2.45, 2.75) is 31.7 Å². The molecule has 1 heterocycles. The van der Waals surface area contributed by atoms with Gasteiger partial charge in [0.2, 0.25) is 0 Å². The number of hydrogen-bond acceptors (Lipinski definition) is 3. The smallest absolute Gasteiger partial charge is 0.287 e. The van der Waals surface area contributed by atoms with Crippen molar-refractivity contribution in [1.29, 1.82) is 0 Å². The van der Waals surface area contributed by atoms with Crippen LogP contribution in [-0.2, 0) is 0 Å². The van der Waals surface area contributed by atoms with Crippen molar-refractivity contribution in [3.63, 3.8) is 0 Å². The summed E-state index contributed by atoms with van der Waals surface area (Å²) in [6.45, 7) is 5.32. The SMILES string of the molecule is CC(Cl)C(C)(C)NC(=O)c1cc([N+](=O)[O-])c[nH]1. The lowest BCUT2D eigenvalue weighted by molar-refractivity contribution is -0.384. The largest absolute Gasteiger partial charge is 0.351 e.